The van der Waals surface area contributed by atoms with Crippen LogP contribution < -0.4 is 0 Å². The SMILES string of the molecule is O=C1N=NC2=C1SCCC2. The minimum atomic E-state index is -0.139. The molecule has 2 aliphatic rings. The van der Waals surface area contributed by atoms with Crippen LogP contribution in [0.1, 0.15) is 12.8 Å². The van der Waals surface area contributed by atoms with Crippen LogP contribution in [0.15, 0.2) is 20.8 Å². The third kappa shape index (κ3) is 0.794. The summed E-state index contributed by atoms with van der Waals surface area (Å²) in [5.41, 5.74) is 0.904. The molecule has 3 nitrogen and oxygen atoms in total. The van der Waals surface area contributed by atoms with Gasteiger partial charge in [-0.05, 0) is 18.6 Å². The molecule has 0 spiro atoms. The van der Waals surface area contributed by atoms with Gasteiger partial charge in [0.2, 0.25) is 0 Å². The van der Waals surface area contributed by atoms with Crippen molar-refractivity contribution in [2.24, 2.45) is 10.2 Å². The van der Waals surface area contributed by atoms with E-state index in [0.29, 0.717) is 0 Å². The maximum absolute atomic E-state index is 10.9. The normalized spacial score (nSPS) is 23.8. The van der Waals surface area contributed by atoms with Crippen LogP contribution >= 0.6 is 11.8 Å². The van der Waals surface area contributed by atoms with Gasteiger partial charge in [-0.3, -0.25) is 4.79 Å². The zero-order chi connectivity index (χ0) is 6.97. The molecule has 0 saturated heterocycles. The summed E-state index contributed by atoms with van der Waals surface area (Å²) in [5, 5.41) is 7.24. The number of carbonyl (C=O) groups is 1. The molecular formula is C6H6N2OS. The molecule has 4 heteroatoms. The van der Waals surface area contributed by atoms with E-state index in [1.54, 1.807) is 11.8 Å². The molecule has 0 aromatic rings. The maximum atomic E-state index is 10.9. The van der Waals surface area contributed by atoms with E-state index in [4.69, 9.17) is 0 Å². The molecule has 2 rings (SSSR count). The fraction of sp³-hybridized carbons (Fsp3) is 0.500. The van der Waals surface area contributed by atoms with Gasteiger partial charge in [0.25, 0.3) is 0 Å². The van der Waals surface area contributed by atoms with Gasteiger partial charge in [-0.15, -0.1) is 16.9 Å². The molecule has 0 fully saturated rings. The van der Waals surface area contributed by atoms with Crippen LogP contribution in [0.2, 0.25) is 0 Å². The van der Waals surface area contributed by atoms with E-state index in [1.165, 1.54) is 0 Å². The Labute approximate surface area is 62.6 Å². The highest BCUT2D eigenvalue weighted by Gasteiger charge is 2.24. The van der Waals surface area contributed by atoms with E-state index < -0.39 is 0 Å². The van der Waals surface area contributed by atoms with Crippen molar-refractivity contribution in [2.45, 2.75) is 12.8 Å². The van der Waals surface area contributed by atoms with E-state index >= 15 is 0 Å². The zero-order valence-corrected chi connectivity index (χ0v) is 6.15. The predicted molar refractivity (Wildman–Crippen MR) is 38.6 cm³/mol. The van der Waals surface area contributed by atoms with Gasteiger partial charge >= 0.3 is 5.91 Å². The molecule has 0 radical (unpaired) electrons. The van der Waals surface area contributed by atoms with Gasteiger partial charge < -0.3 is 0 Å². The van der Waals surface area contributed by atoms with Crippen LogP contribution in [0.25, 0.3) is 0 Å². The minimum absolute atomic E-state index is 0.139. The summed E-state index contributed by atoms with van der Waals surface area (Å²) in [7, 11) is 0. The van der Waals surface area contributed by atoms with E-state index in [1.807, 2.05) is 0 Å². The third-order valence-electron chi connectivity index (χ3n) is 1.52. The number of rotatable bonds is 0. The van der Waals surface area contributed by atoms with E-state index in [-0.39, 0.29) is 5.91 Å². The van der Waals surface area contributed by atoms with Gasteiger partial charge in [0.1, 0.15) is 0 Å². The van der Waals surface area contributed by atoms with Crippen molar-refractivity contribution in [3.8, 4) is 0 Å². The Bertz CT molecular complexity index is 236. The van der Waals surface area contributed by atoms with Gasteiger partial charge in [0.05, 0.1) is 10.6 Å². The molecule has 0 N–H and O–H groups in total. The molecule has 10 heavy (non-hydrogen) atoms. The minimum Gasteiger partial charge on any atom is -0.264 e. The van der Waals surface area contributed by atoms with Crippen molar-refractivity contribution >= 4 is 17.7 Å². The number of thioether (sulfide) groups is 1. The fourth-order valence-electron chi connectivity index (χ4n) is 1.04. The fourth-order valence-corrected chi connectivity index (χ4v) is 2.01. The van der Waals surface area contributed by atoms with Gasteiger partial charge in [0, 0.05) is 0 Å². The summed E-state index contributed by atoms with van der Waals surface area (Å²) in [6.07, 6.45) is 2.05. The maximum Gasteiger partial charge on any atom is 0.303 e. The summed E-state index contributed by atoms with van der Waals surface area (Å²) in [4.78, 5) is 11.7. The monoisotopic (exact) mass is 154 g/mol. The van der Waals surface area contributed by atoms with E-state index in [0.717, 1.165) is 29.2 Å². The first kappa shape index (κ1) is 6.09. The highest BCUT2D eigenvalue weighted by atomic mass is 32.2. The summed E-state index contributed by atoms with van der Waals surface area (Å²) in [6.45, 7) is 0. The quantitative estimate of drug-likeness (QED) is 0.533. The second-order valence-electron chi connectivity index (χ2n) is 2.23. The first-order valence-electron chi connectivity index (χ1n) is 3.20. The summed E-state index contributed by atoms with van der Waals surface area (Å²) in [6, 6.07) is 0. The Balaban J connectivity index is 2.36. The van der Waals surface area contributed by atoms with Crippen molar-refractivity contribution < 1.29 is 4.79 Å². The highest BCUT2D eigenvalue weighted by molar-refractivity contribution is 8.04. The lowest BCUT2D eigenvalue weighted by Crippen LogP contribution is -1.98. The number of hydrogen-bond donors (Lipinski definition) is 0. The van der Waals surface area contributed by atoms with Crippen LogP contribution in [0, 0.1) is 0 Å². The van der Waals surface area contributed by atoms with Gasteiger partial charge in [0.15, 0.2) is 0 Å². The lowest BCUT2D eigenvalue weighted by Gasteiger charge is -2.07. The number of nitrogens with zero attached hydrogens (tertiary/aromatic N) is 2. The molecule has 0 aromatic carbocycles. The van der Waals surface area contributed by atoms with Crippen LogP contribution in [0.5, 0.6) is 0 Å². The van der Waals surface area contributed by atoms with Crippen LogP contribution in [-0.2, 0) is 4.79 Å². The Kier molecular flexibility index (Phi) is 1.34. The summed E-state index contributed by atoms with van der Waals surface area (Å²) < 4.78 is 0. The number of carbonyl (C=O) groups excluding carboxylic acids is 1. The topological polar surface area (TPSA) is 41.8 Å². The molecule has 1 amide bonds. The average molecular weight is 154 g/mol. The van der Waals surface area contributed by atoms with Crippen LogP contribution in [-0.4, -0.2) is 11.7 Å². The van der Waals surface area contributed by atoms with Crippen molar-refractivity contribution in [3.05, 3.63) is 10.6 Å². The molecular weight excluding hydrogens is 148 g/mol. The second kappa shape index (κ2) is 2.20. The first-order valence-corrected chi connectivity index (χ1v) is 4.18. The van der Waals surface area contributed by atoms with Gasteiger partial charge in [-0.1, -0.05) is 0 Å². The smallest absolute Gasteiger partial charge is 0.264 e. The molecule has 0 bridgehead atoms. The second-order valence-corrected chi connectivity index (χ2v) is 3.34. The van der Waals surface area contributed by atoms with E-state index in [2.05, 4.69) is 10.2 Å². The summed E-state index contributed by atoms with van der Waals surface area (Å²) >= 11 is 1.58. The molecule has 52 valence electrons. The highest BCUT2D eigenvalue weighted by Crippen LogP contribution is 2.34. The Morgan fingerprint density at radius 2 is 2.30 bits per heavy atom. The van der Waals surface area contributed by atoms with Crippen LogP contribution in [0.3, 0.4) is 0 Å². The molecule has 0 unspecified atom stereocenters. The molecule has 2 aliphatic heterocycles. The standard InChI is InChI=1S/C6H6N2OS/c9-6-5-4(7-8-6)2-1-3-10-5/h1-3H2. The molecule has 0 aromatic heterocycles. The van der Waals surface area contributed by atoms with Crippen molar-refractivity contribution in [3.63, 3.8) is 0 Å². The summed E-state index contributed by atoms with van der Waals surface area (Å²) in [5.74, 6) is 0.898. The number of allylic oxidation sites excluding steroid dienone is 1. The number of amides is 1. The van der Waals surface area contributed by atoms with Gasteiger partial charge in [-0.25, -0.2) is 0 Å². The third-order valence-corrected chi connectivity index (χ3v) is 2.71. The Morgan fingerprint density at radius 3 is 3.10 bits per heavy atom. The number of azo groups is 1. The lowest BCUT2D eigenvalue weighted by atomic mass is 10.2. The van der Waals surface area contributed by atoms with Gasteiger partial charge in [-0.2, -0.15) is 5.11 Å². The molecule has 2 heterocycles. The van der Waals surface area contributed by atoms with Crippen molar-refractivity contribution in [1.82, 2.24) is 0 Å². The van der Waals surface area contributed by atoms with Crippen molar-refractivity contribution in [2.75, 3.05) is 5.75 Å². The zero-order valence-electron chi connectivity index (χ0n) is 5.33. The molecule has 0 aliphatic carbocycles. The van der Waals surface area contributed by atoms with Crippen molar-refractivity contribution in [1.29, 1.82) is 0 Å². The first-order chi connectivity index (χ1) is 4.88. The Morgan fingerprint density at radius 1 is 1.40 bits per heavy atom. The molecule has 0 saturated carbocycles. The van der Waals surface area contributed by atoms with Crippen LogP contribution in [0.4, 0.5) is 0 Å². The molecule has 0 atom stereocenters. The van der Waals surface area contributed by atoms with E-state index in [9.17, 15) is 4.79 Å². The largest absolute Gasteiger partial charge is 0.303 e. The Hall–Kier alpha value is -0.640. The predicted octanol–water partition coefficient (Wildman–Crippen LogP) is 1.72. The lowest BCUT2D eigenvalue weighted by molar-refractivity contribution is -0.113. The number of hydrogen-bond acceptors (Lipinski definition) is 3. The average Bonchev–Trinajstić information content (AvgIpc) is 2.34.